The van der Waals surface area contributed by atoms with Crippen LogP contribution < -0.4 is 0 Å². The van der Waals surface area contributed by atoms with E-state index in [4.69, 9.17) is 9.47 Å². The highest BCUT2D eigenvalue weighted by Gasteiger charge is 2.23. The molecule has 0 saturated carbocycles. The molecular formula is C8H12O4. The summed E-state index contributed by atoms with van der Waals surface area (Å²) in [7, 11) is 0. The summed E-state index contributed by atoms with van der Waals surface area (Å²) in [5.41, 5.74) is 0. The Morgan fingerprint density at radius 3 is 2.67 bits per heavy atom. The van der Waals surface area contributed by atoms with E-state index in [0.717, 1.165) is 0 Å². The fourth-order valence-corrected chi connectivity index (χ4v) is 0.700. The van der Waals surface area contributed by atoms with Crippen molar-refractivity contribution < 1.29 is 19.1 Å². The van der Waals surface area contributed by atoms with Crippen LogP contribution in [-0.4, -0.2) is 31.1 Å². The van der Waals surface area contributed by atoms with E-state index in [1.165, 1.54) is 6.92 Å². The van der Waals surface area contributed by atoms with E-state index in [9.17, 15) is 9.59 Å². The first-order chi connectivity index (χ1) is 5.68. The number of esters is 1. The van der Waals surface area contributed by atoms with E-state index in [-0.39, 0.29) is 30.7 Å². The Hall–Kier alpha value is -0.900. The molecule has 0 N–H and O–H groups in total. The van der Waals surface area contributed by atoms with E-state index in [1.54, 1.807) is 0 Å². The van der Waals surface area contributed by atoms with Gasteiger partial charge in [-0.1, -0.05) is 0 Å². The van der Waals surface area contributed by atoms with Gasteiger partial charge in [-0.25, -0.2) is 0 Å². The van der Waals surface area contributed by atoms with Crippen LogP contribution in [0, 0.1) is 0 Å². The number of ether oxygens (including phenoxy) is 2. The quantitative estimate of drug-likeness (QED) is 0.442. The highest BCUT2D eigenvalue weighted by molar-refractivity contribution is 5.80. The zero-order chi connectivity index (χ0) is 8.97. The van der Waals surface area contributed by atoms with Crippen molar-refractivity contribution in [2.45, 2.75) is 25.9 Å². The van der Waals surface area contributed by atoms with E-state index < -0.39 is 0 Å². The Bertz CT molecular complexity index is 183. The van der Waals surface area contributed by atoms with Crippen LogP contribution in [-0.2, 0) is 19.1 Å². The summed E-state index contributed by atoms with van der Waals surface area (Å²) in [5, 5.41) is 0. The summed E-state index contributed by atoms with van der Waals surface area (Å²) in [6, 6.07) is 0. The number of hydrogen-bond acceptors (Lipinski definition) is 4. The molecule has 1 aliphatic rings. The smallest absolute Gasteiger partial charge is 0.306 e. The third-order valence-electron chi connectivity index (χ3n) is 1.51. The van der Waals surface area contributed by atoms with Gasteiger partial charge >= 0.3 is 5.97 Å². The lowest BCUT2D eigenvalue weighted by molar-refractivity contribution is -0.145. The van der Waals surface area contributed by atoms with Crippen LogP contribution in [0.4, 0.5) is 0 Å². The molecule has 0 aromatic heterocycles. The van der Waals surface area contributed by atoms with Crippen LogP contribution in [0.1, 0.15) is 19.8 Å². The minimum absolute atomic E-state index is 0.00891. The van der Waals surface area contributed by atoms with E-state index >= 15 is 0 Å². The summed E-state index contributed by atoms with van der Waals surface area (Å²) in [5.74, 6) is -0.310. The first-order valence-corrected chi connectivity index (χ1v) is 3.95. The second kappa shape index (κ2) is 4.21. The van der Waals surface area contributed by atoms with Crippen molar-refractivity contribution in [3.05, 3.63) is 0 Å². The molecule has 1 aliphatic heterocycles. The van der Waals surface area contributed by atoms with Gasteiger partial charge in [-0.05, 0) is 6.92 Å². The molecule has 0 spiro atoms. The Morgan fingerprint density at radius 1 is 1.50 bits per heavy atom. The van der Waals surface area contributed by atoms with Gasteiger partial charge in [0.25, 0.3) is 0 Å². The normalized spacial score (nSPS) is 20.2. The van der Waals surface area contributed by atoms with Gasteiger partial charge < -0.3 is 14.3 Å². The van der Waals surface area contributed by atoms with Gasteiger partial charge in [0.05, 0.1) is 13.0 Å². The summed E-state index contributed by atoms with van der Waals surface area (Å²) < 4.78 is 9.64. The number of ketones is 1. The number of epoxide rings is 1. The number of carbonyl (C=O) groups excluding carboxylic acids is 2. The predicted molar refractivity (Wildman–Crippen MR) is 40.6 cm³/mol. The van der Waals surface area contributed by atoms with Crippen molar-refractivity contribution in [3.8, 4) is 0 Å². The highest BCUT2D eigenvalue weighted by atomic mass is 16.6. The van der Waals surface area contributed by atoms with E-state index in [0.29, 0.717) is 13.2 Å². The maximum Gasteiger partial charge on any atom is 0.306 e. The molecule has 1 fully saturated rings. The molecule has 68 valence electrons. The zero-order valence-electron chi connectivity index (χ0n) is 7.04. The van der Waals surface area contributed by atoms with Crippen molar-refractivity contribution in [1.29, 1.82) is 0 Å². The van der Waals surface area contributed by atoms with Crippen LogP contribution in [0.5, 0.6) is 0 Å². The molecule has 4 nitrogen and oxygen atoms in total. The van der Waals surface area contributed by atoms with Crippen molar-refractivity contribution >= 4 is 11.8 Å². The molecule has 0 radical (unpaired) electrons. The molecule has 1 heterocycles. The molecule has 0 aliphatic carbocycles. The highest BCUT2D eigenvalue weighted by Crippen LogP contribution is 2.09. The standard InChI is InChI=1S/C8H12O4/c1-6(9)2-3-8(10)12-5-7-4-11-7/h7H,2-5H2,1H3. The minimum Gasteiger partial charge on any atom is -0.463 e. The second-order valence-corrected chi connectivity index (χ2v) is 2.84. The fraction of sp³-hybridized carbons (Fsp3) is 0.750. The maximum absolute atomic E-state index is 10.8. The topological polar surface area (TPSA) is 55.9 Å². The van der Waals surface area contributed by atoms with Crippen LogP contribution >= 0.6 is 0 Å². The van der Waals surface area contributed by atoms with Crippen LogP contribution in [0.15, 0.2) is 0 Å². The Labute approximate surface area is 70.8 Å². The number of rotatable bonds is 5. The lowest BCUT2D eigenvalue weighted by Crippen LogP contribution is -2.10. The van der Waals surface area contributed by atoms with Gasteiger partial charge in [-0.3, -0.25) is 4.79 Å². The summed E-state index contributed by atoms with van der Waals surface area (Å²) in [6.07, 6.45) is 0.554. The number of Topliss-reactive ketones (excluding diaryl/α,β-unsaturated/α-hetero) is 1. The number of hydrogen-bond donors (Lipinski definition) is 0. The van der Waals surface area contributed by atoms with Crippen LogP contribution in [0.3, 0.4) is 0 Å². The summed E-state index contributed by atoms with van der Waals surface area (Å²) >= 11 is 0. The average molecular weight is 172 g/mol. The van der Waals surface area contributed by atoms with Gasteiger partial charge in [0, 0.05) is 6.42 Å². The predicted octanol–water partition coefficient (Wildman–Crippen LogP) is 0.298. The van der Waals surface area contributed by atoms with Gasteiger partial charge in [-0.2, -0.15) is 0 Å². The first-order valence-electron chi connectivity index (χ1n) is 3.95. The van der Waals surface area contributed by atoms with Gasteiger partial charge in [0.15, 0.2) is 0 Å². The van der Waals surface area contributed by atoms with Gasteiger partial charge in [0.1, 0.15) is 18.5 Å². The third kappa shape index (κ3) is 4.08. The lowest BCUT2D eigenvalue weighted by Gasteiger charge is -2.00. The molecule has 0 aromatic carbocycles. The SMILES string of the molecule is CC(=O)CCC(=O)OCC1CO1. The Kier molecular flexibility index (Phi) is 3.22. The molecule has 4 heteroatoms. The molecule has 0 amide bonds. The molecule has 0 bridgehead atoms. The Morgan fingerprint density at radius 2 is 2.17 bits per heavy atom. The maximum atomic E-state index is 10.8. The van der Waals surface area contributed by atoms with Crippen molar-refractivity contribution in [2.24, 2.45) is 0 Å². The van der Waals surface area contributed by atoms with Crippen LogP contribution in [0.25, 0.3) is 0 Å². The minimum atomic E-state index is -0.319. The second-order valence-electron chi connectivity index (χ2n) is 2.84. The Balaban J connectivity index is 1.98. The summed E-state index contributed by atoms with van der Waals surface area (Å²) in [6.45, 7) is 2.47. The molecule has 1 atom stereocenters. The molecule has 1 unspecified atom stereocenters. The van der Waals surface area contributed by atoms with Gasteiger partial charge in [0.2, 0.25) is 0 Å². The van der Waals surface area contributed by atoms with Crippen LogP contribution in [0.2, 0.25) is 0 Å². The average Bonchev–Trinajstić information content (AvgIpc) is 2.80. The number of carbonyl (C=O) groups is 2. The molecular weight excluding hydrogens is 160 g/mol. The van der Waals surface area contributed by atoms with Crippen molar-refractivity contribution in [3.63, 3.8) is 0 Å². The van der Waals surface area contributed by atoms with E-state index in [1.807, 2.05) is 0 Å². The largest absolute Gasteiger partial charge is 0.463 e. The van der Waals surface area contributed by atoms with E-state index in [2.05, 4.69) is 0 Å². The third-order valence-corrected chi connectivity index (χ3v) is 1.51. The van der Waals surface area contributed by atoms with Crippen molar-refractivity contribution in [1.82, 2.24) is 0 Å². The zero-order valence-corrected chi connectivity index (χ0v) is 7.04. The molecule has 12 heavy (non-hydrogen) atoms. The molecule has 0 aromatic rings. The van der Waals surface area contributed by atoms with Crippen molar-refractivity contribution in [2.75, 3.05) is 13.2 Å². The lowest BCUT2D eigenvalue weighted by atomic mass is 10.2. The summed E-state index contributed by atoms with van der Waals surface area (Å²) in [4.78, 5) is 21.3. The monoisotopic (exact) mass is 172 g/mol. The molecule has 1 rings (SSSR count). The van der Waals surface area contributed by atoms with Gasteiger partial charge in [-0.15, -0.1) is 0 Å². The first kappa shape index (κ1) is 9.19. The molecule has 1 saturated heterocycles. The fourth-order valence-electron chi connectivity index (χ4n) is 0.700.